The summed E-state index contributed by atoms with van der Waals surface area (Å²) in [7, 11) is 4.01. The third-order valence-corrected chi connectivity index (χ3v) is 3.32. The number of nitrogen functional groups attached to an aromatic ring is 1. The van der Waals surface area contributed by atoms with Gasteiger partial charge in [0.15, 0.2) is 5.82 Å². The molecule has 0 unspecified atom stereocenters. The highest BCUT2D eigenvalue weighted by molar-refractivity contribution is 9.10. The minimum atomic E-state index is 0.530. The zero-order valence-electron chi connectivity index (χ0n) is 10.7. The molecule has 19 heavy (non-hydrogen) atoms. The lowest BCUT2D eigenvalue weighted by Gasteiger charge is -2.14. The molecule has 0 radical (unpaired) electrons. The smallest absolute Gasteiger partial charge is 0.159 e. The summed E-state index contributed by atoms with van der Waals surface area (Å²) in [6.07, 6.45) is 1.44. The molecule has 0 bridgehead atoms. The number of hydrogen-bond donors (Lipinski definition) is 3. The van der Waals surface area contributed by atoms with Crippen LogP contribution in [0, 0.1) is 0 Å². The number of halogens is 1. The SMILES string of the molecule is CN(C)c1ccc(Nc2ncnc(NN)c2Br)cc1. The highest BCUT2D eigenvalue weighted by Crippen LogP contribution is 2.28. The van der Waals surface area contributed by atoms with E-state index in [0.717, 1.165) is 11.4 Å². The van der Waals surface area contributed by atoms with E-state index in [0.29, 0.717) is 16.1 Å². The van der Waals surface area contributed by atoms with Crippen LogP contribution in [-0.4, -0.2) is 24.1 Å². The quantitative estimate of drug-likeness (QED) is 0.592. The first-order chi connectivity index (χ1) is 9.11. The maximum atomic E-state index is 5.36. The number of nitrogens with zero attached hydrogens (tertiary/aromatic N) is 3. The van der Waals surface area contributed by atoms with Crippen molar-refractivity contribution >= 4 is 38.9 Å². The molecular weight excluding hydrogens is 308 g/mol. The fourth-order valence-corrected chi connectivity index (χ4v) is 1.96. The summed E-state index contributed by atoms with van der Waals surface area (Å²) in [4.78, 5) is 10.2. The molecule has 0 spiro atoms. The van der Waals surface area contributed by atoms with Gasteiger partial charge in [0.1, 0.15) is 16.6 Å². The minimum absolute atomic E-state index is 0.530. The Bertz CT molecular complexity index is 555. The molecule has 1 aromatic heterocycles. The normalized spacial score (nSPS) is 10.1. The number of hydrazine groups is 1. The summed E-state index contributed by atoms with van der Waals surface area (Å²) in [5.74, 6) is 6.55. The molecule has 100 valence electrons. The summed E-state index contributed by atoms with van der Waals surface area (Å²) >= 11 is 3.40. The van der Waals surface area contributed by atoms with E-state index in [1.807, 2.05) is 43.3 Å². The Hall–Kier alpha value is -1.86. The summed E-state index contributed by atoms with van der Waals surface area (Å²) in [5.41, 5.74) is 4.57. The summed E-state index contributed by atoms with van der Waals surface area (Å²) < 4.78 is 0.689. The van der Waals surface area contributed by atoms with Gasteiger partial charge < -0.3 is 15.6 Å². The maximum absolute atomic E-state index is 5.36. The van der Waals surface area contributed by atoms with Crippen molar-refractivity contribution in [1.82, 2.24) is 9.97 Å². The van der Waals surface area contributed by atoms with E-state index in [-0.39, 0.29) is 0 Å². The number of nitrogens with one attached hydrogen (secondary N) is 2. The van der Waals surface area contributed by atoms with Crippen molar-refractivity contribution < 1.29 is 0 Å². The minimum Gasteiger partial charge on any atom is -0.378 e. The molecule has 0 saturated carbocycles. The molecule has 2 rings (SSSR count). The summed E-state index contributed by atoms with van der Waals surface area (Å²) in [6.45, 7) is 0. The van der Waals surface area contributed by atoms with Gasteiger partial charge in [-0.3, -0.25) is 0 Å². The van der Waals surface area contributed by atoms with Crippen molar-refractivity contribution in [2.24, 2.45) is 5.84 Å². The second-order valence-electron chi connectivity index (χ2n) is 4.10. The Kier molecular flexibility index (Phi) is 4.18. The average Bonchev–Trinajstić information content (AvgIpc) is 2.42. The fraction of sp³-hybridized carbons (Fsp3) is 0.167. The zero-order chi connectivity index (χ0) is 13.8. The Labute approximate surface area is 120 Å². The second-order valence-corrected chi connectivity index (χ2v) is 4.89. The molecule has 2 aromatic rings. The Morgan fingerprint density at radius 2 is 1.74 bits per heavy atom. The van der Waals surface area contributed by atoms with Gasteiger partial charge in [0.2, 0.25) is 0 Å². The van der Waals surface area contributed by atoms with Crippen molar-refractivity contribution in [3.05, 3.63) is 35.1 Å². The molecular formula is C12H15BrN6. The van der Waals surface area contributed by atoms with E-state index in [1.165, 1.54) is 6.33 Å². The van der Waals surface area contributed by atoms with Gasteiger partial charge in [-0.1, -0.05) is 0 Å². The van der Waals surface area contributed by atoms with E-state index >= 15 is 0 Å². The number of anilines is 4. The number of hydrogen-bond acceptors (Lipinski definition) is 6. The van der Waals surface area contributed by atoms with E-state index in [2.05, 4.69) is 36.6 Å². The van der Waals surface area contributed by atoms with Crippen LogP contribution in [0.25, 0.3) is 0 Å². The molecule has 0 fully saturated rings. The molecule has 0 aliphatic carbocycles. The molecule has 7 heteroatoms. The van der Waals surface area contributed by atoms with Gasteiger partial charge >= 0.3 is 0 Å². The summed E-state index contributed by atoms with van der Waals surface area (Å²) in [5, 5.41) is 3.20. The standard InChI is InChI=1S/C12H15BrN6/c1-19(2)9-5-3-8(4-6-9)17-11-10(13)12(18-14)16-7-15-11/h3-7H,14H2,1-2H3,(H2,15,16,17,18). The number of benzene rings is 1. The molecule has 6 nitrogen and oxygen atoms in total. The molecule has 4 N–H and O–H groups in total. The lowest BCUT2D eigenvalue weighted by atomic mass is 10.2. The highest BCUT2D eigenvalue weighted by Gasteiger charge is 2.07. The topological polar surface area (TPSA) is 79.1 Å². The van der Waals surface area contributed by atoms with E-state index in [4.69, 9.17) is 5.84 Å². The molecule has 0 atom stereocenters. The molecule has 1 heterocycles. The van der Waals surface area contributed by atoms with Gasteiger partial charge in [-0.05, 0) is 40.2 Å². The van der Waals surface area contributed by atoms with Gasteiger partial charge in [0.05, 0.1) is 0 Å². The van der Waals surface area contributed by atoms with Crippen molar-refractivity contribution in [2.45, 2.75) is 0 Å². The van der Waals surface area contributed by atoms with Gasteiger partial charge in [-0.15, -0.1) is 0 Å². The van der Waals surface area contributed by atoms with Crippen molar-refractivity contribution in [1.29, 1.82) is 0 Å². The van der Waals surface area contributed by atoms with Gasteiger partial charge in [-0.25, -0.2) is 15.8 Å². The molecule has 0 aliphatic heterocycles. The molecule has 0 aliphatic rings. The molecule has 1 aromatic carbocycles. The van der Waals surface area contributed by atoms with Crippen LogP contribution >= 0.6 is 15.9 Å². The lowest BCUT2D eigenvalue weighted by molar-refractivity contribution is 1.12. The maximum Gasteiger partial charge on any atom is 0.159 e. The van der Waals surface area contributed by atoms with Crippen LogP contribution in [0.15, 0.2) is 35.1 Å². The monoisotopic (exact) mass is 322 g/mol. The van der Waals surface area contributed by atoms with Crippen LogP contribution in [-0.2, 0) is 0 Å². The van der Waals surface area contributed by atoms with E-state index in [9.17, 15) is 0 Å². The lowest BCUT2D eigenvalue weighted by Crippen LogP contribution is -2.10. The van der Waals surface area contributed by atoms with Crippen molar-refractivity contribution in [2.75, 3.05) is 29.7 Å². The predicted molar refractivity (Wildman–Crippen MR) is 81.6 cm³/mol. The van der Waals surface area contributed by atoms with Crippen LogP contribution in [0.5, 0.6) is 0 Å². The fourth-order valence-electron chi connectivity index (χ4n) is 1.54. The van der Waals surface area contributed by atoms with Crippen LogP contribution in [0.2, 0.25) is 0 Å². The first-order valence-corrected chi connectivity index (χ1v) is 6.42. The van der Waals surface area contributed by atoms with Crippen LogP contribution in [0.3, 0.4) is 0 Å². The zero-order valence-corrected chi connectivity index (χ0v) is 12.3. The number of aromatic nitrogens is 2. The first-order valence-electron chi connectivity index (χ1n) is 5.63. The largest absolute Gasteiger partial charge is 0.378 e. The van der Waals surface area contributed by atoms with Crippen molar-refractivity contribution in [3.63, 3.8) is 0 Å². The molecule has 0 amide bonds. The Morgan fingerprint density at radius 3 is 2.32 bits per heavy atom. The Morgan fingerprint density at radius 1 is 1.11 bits per heavy atom. The Balaban J connectivity index is 2.21. The average molecular weight is 323 g/mol. The molecule has 0 saturated heterocycles. The number of rotatable bonds is 4. The first kappa shape index (κ1) is 13.6. The third kappa shape index (κ3) is 3.12. The van der Waals surface area contributed by atoms with Crippen LogP contribution in [0.4, 0.5) is 23.0 Å². The predicted octanol–water partition coefficient (Wildman–Crippen LogP) is 2.33. The van der Waals surface area contributed by atoms with Gasteiger partial charge in [-0.2, -0.15) is 0 Å². The van der Waals surface area contributed by atoms with Gasteiger partial charge in [0.25, 0.3) is 0 Å². The van der Waals surface area contributed by atoms with E-state index in [1.54, 1.807) is 0 Å². The van der Waals surface area contributed by atoms with Crippen LogP contribution in [0.1, 0.15) is 0 Å². The third-order valence-electron chi connectivity index (χ3n) is 2.57. The highest BCUT2D eigenvalue weighted by atomic mass is 79.9. The van der Waals surface area contributed by atoms with Gasteiger partial charge in [0, 0.05) is 25.5 Å². The van der Waals surface area contributed by atoms with Crippen molar-refractivity contribution in [3.8, 4) is 0 Å². The summed E-state index contributed by atoms with van der Waals surface area (Å²) in [6, 6.07) is 8.03. The van der Waals surface area contributed by atoms with Crippen LogP contribution < -0.4 is 21.5 Å². The second kappa shape index (κ2) is 5.85. The number of nitrogens with two attached hydrogens (primary N) is 1. The van der Waals surface area contributed by atoms with E-state index < -0.39 is 0 Å².